The SMILES string of the molecule is CC(C)CCCC(C)C1CCC2C3CC=C4C[CH-]CCC4(C)C3CCC12C.[CH2-]C/C(C)=C/NCN.[K+]. The molecule has 0 aliphatic heterocycles. The molecule has 4 aliphatic rings. The van der Waals surface area contributed by atoms with E-state index in [1.807, 2.05) is 18.7 Å². The van der Waals surface area contributed by atoms with Crippen LogP contribution in [0.4, 0.5) is 0 Å². The topological polar surface area (TPSA) is 38.0 Å². The van der Waals surface area contributed by atoms with Crippen LogP contribution in [0.3, 0.4) is 0 Å². The Kier molecular flexibility index (Phi) is 13.8. The predicted molar refractivity (Wildman–Crippen MR) is 153 cm³/mol. The molecule has 3 saturated carbocycles. The Morgan fingerprint density at radius 2 is 1.92 bits per heavy atom. The van der Waals surface area contributed by atoms with Gasteiger partial charge in [0.05, 0.1) is 6.67 Å². The number of rotatable bonds is 8. The van der Waals surface area contributed by atoms with Gasteiger partial charge in [-0.25, -0.2) is 0 Å². The molecule has 0 aromatic rings. The molecule has 7 unspecified atom stereocenters. The van der Waals surface area contributed by atoms with E-state index in [9.17, 15) is 0 Å². The van der Waals surface area contributed by atoms with Gasteiger partial charge in [0, 0.05) is 0 Å². The molecule has 0 spiro atoms. The van der Waals surface area contributed by atoms with E-state index in [4.69, 9.17) is 5.73 Å². The van der Waals surface area contributed by atoms with Gasteiger partial charge in [-0.2, -0.15) is 19.3 Å². The van der Waals surface area contributed by atoms with Crippen molar-refractivity contribution in [2.45, 2.75) is 119 Å². The maximum Gasteiger partial charge on any atom is 1.00 e. The number of nitrogens with one attached hydrogen (secondary N) is 1. The minimum absolute atomic E-state index is 0. The molecule has 3 heteroatoms. The van der Waals surface area contributed by atoms with E-state index in [0.29, 0.717) is 17.5 Å². The largest absolute Gasteiger partial charge is 1.00 e. The zero-order chi connectivity index (χ0) is 25.6. The van der Waals surface area contributed by atoms with Crippen LogP contribution in [0.5, 0.6) is 0 Å². The van der Waals surface area contributed by atoms with Crippen molar-refractivity contribution in [2.24, 2.45) is 52.1 Å². The quantitative estimate of drug-likeness (QED) is 0.182. The van der Waals surface area contributed by atoms with Crippen LogP contribution in [0.2, 0.25) is 0 Å². The van der Waals surface area contributed by atoms with Gasteiger partial charge in [-0.05, 0) is 91.6 Å². The summed E-state index contributed by atoms with van der Waals surface area (Å²) in [6.45, 7) is 18.9. The molecule has 0 amide bonds. The van der Waals surface area contributed by atoms with E-state index in [1.54, 1.807) is 0 Å². The number of allylic oxidation sites excluding steroid dienone is 3. The first-order valence-electron chi connectivity index (χ1n) is 15.1. The minimum atomic E-state index is 0. The van der Waals surface area contributed by atoms with Crippen molar-refractivity contribution in [3.63, 3.8) is 0 Å². The van der Waals surface area contributed by atoms with Crippen LogP contribution in [-0.4, -0.2) is 6.67 Å². The van der Waals surface area contributed by atoms with E-state index >= 15 is 0 Å². The molecule has 0 radical (unpaired) electrons. The Labute approximate surface area is 268 Å². The van der Waals surface area contributed by atoms with Gasteiger partial charge in [-0.3, -0.25) is 0 Å². The summed E-state index contributed by atoms with van der Waals surface area (Å²) in [5.41, 5.74) is 9.37. The molecule has 0 saturated heterocycles. The van der Waals surface area contributed by atoms with Crippen LogP contribution < -0.4 is 62.4 Å². The van der Waals surface area contributed by atoms with Crippen molar-refractivity contribution >= 4 is 0 Å². The summed E-state index contributed by atoms with van der Waals surface area (Å²) >= 11 is 0. The van der Waals surface area contributed by atoms with Gasteiger partial charge < -0.3 is 24.4 Å². The summed E-state index contributed by atoms with van der Waals surface area (Å²) in [6.07, 6.45) is 23.9. The molecule has 0 bridgehead atoms. The van der Waals surface area contributed by atoms with Crippen LogP contribution >= 0.6 is 0 Å². The van der Waals surface area contributed by atoms with Crippen LogP contribution in [0.15, 0.2) is 23.4 Å². The zero-order valence-corrected chi connectivity index (χ0v) is 28.3. The molecule has 7 atom stereocenters. The first kappa shape index (κ1) is 33.1. The van der Waals surface area contributed by atoms with Crippen molar-refractivity contribution in [3.05, 3.63) is 36.8 Å². The number of nitrogens with two attached hydrogens (primary N) is 1. The number of fused-ring (bicyclic) bond motifs is 5. The standard InChI is InChI=1S/C27H45.C6H13N2.K/c1-19(2)9-8-10-20(3)23-14-15-24-22-13-12-21-11-6-7-17-26(21,4)25(22)16-18-27(23,24)5;1-3-6(2)4-8-5-7;/h6,12,19-20,22-25H,7-11,13-18H2,1-5H3;4,8H,1,3,5,7H2,2H3;/q2*-1;+1/b;6-4+;. The third-order valence-corrected chi connectivity index (χ3v) is 10.9. The molecule has 0 aromatic carbocycles. The summed E-state index contributed by atoms with van der Waals surface area (Å²) in [5.74, 6) is 5.78. The Morgan fingerprint density at radius 3 is 2.58 bits per heavy atom. The van der Waals surface area contributed by atoms with E-state index < -0.39 is 0 Å². The van der Waals surface area contributed by atoms with E-state index in [-0.39, 0.29) is 51.4 Å². The predicted octanol–water partition coefficient (Wildman–Crippen LogP) is 5.86. The third-order valence-electron chi connectivity index (χ3n) is 10.9. The molecule has 202 valence electrons. The fourth-order valence-corrected chi connectivity index (χ4v) is 8.81. The monoisotopic (exact) mass is 521 g/mol. The van der Waals surface area contributed by atoms with Gasteiger partial charge in [0.15, 0.2) is 0 Å². The fraction of sp³-hybridized carbons (Fsp3) is 0.818. The summed E-state index contributed by atoms with van der Waals surface area (Å²) in [6, 6.07) is 0. The summed E-state index contributed by atoms with van der Waals surface area (Å²) < 4.78 is 0. The van der Waals surface area contributed by atoms with Crippen LogP contribution in [0, 0.1) is 59.7 Å². The van der Waals surface area contributed by atoms with Crippen molar-refractivity contribution in [2.75, 3.05) is 6.67 Å². The van der Waals surface area contributed by atoms with Crippen LogP contribution in [0.25, 0.3) is 0 Å². The smallest absolute Gasteiger partial charge is 0.379 e. The third kappa shape index (κ3) is 7.54. The second kappa shape index (κ2) is 15.0. The first-order valence-corrected chi connectivity index (χ1v) is 15.1. The molecule has 0 heterocycles. The van der Waals surface area contributed by atoms with Gasteiger partial charge in [-0.1, -0.05) is 77.5 Å². The number of hydrogen-bond donors (Lipinski definition) is 2. The van der Waals surface area contributed by atoms with Crippen molar-refractivity contribution in [3.8, 4) is 0 Å². The van der Waals surface area contributed by atoms with Gasteiger partial charge >= 0.3 is 51.4 Å². The van der Waals surface area contributed by atoms with Crippen molar-refractivity contribution < 1.29 is 51.4 Å². The maximum atomic E-state index is 5.16. The molecular formula is C33H58KN2-. The van der Waals surface area contributed by atoms with Gasteiger partial charge in [0.2, 0.25) is 0 Å². The Morgan fingerprint density at radius 1 is 1.17 bits per heavy atom. The average molecular weight is 522 g/mol. The molecule has 4 aliphatic carbocycles. The Bertz CT molecular complexity index is 727. The fourth-order valence-electron chi connectivity index (χ4n) is 8.81. The van der Waals surface area contributed by atoms with Gasteiger partial charge in [0.25, 0.3) is 0 Å². The molecular weight excluding hydrogens is 463 g/mol. The molecule has 36 heavy (non-hydrogen) atoms. The van der Waals surface area contributed by atoms with Gasteiger partial charge in [-0.15, -0.1) is 0 Å². The maximum absolute atomic E-state index is 5.16. The normalized spacial score (nSPS) is 36.4. The molecule has 0 aromatic heterocycles. The van der Waals surface area contributed by atoms with Crippen LogP contribution in [0.1, 0.15) is 119 Å². The molecule has 3 fully saturated rings. The van der Waals surface area contributed by atoms with Crippen molar-refractivity contribution in [1.82, 2.24) is 5.32 Å². The van der Waals surface area contributed by atoms with E-state index in [0.717, 1.165) is 41.9 Å². The van der Waals surface area contributed by atoms with E-state index in [1.165, 1.54) is 76.2 Å². The van der Waals surface area contributed by atoms with E-state index in [2.05, 4.69) is 59.4 Å². The molecule has 3 N–H and O–H groups in total. The van der Waals surface area contributed by atoms with Crippen molar-refractivity contribution in [1.29, 1.82) is 0 Å². The second-order valence-corrected chi connectivity index (χ2v) is 13.5. The summed E-state index contributed by atoms with van der Waals surface area (Å²) in [4.78, 5) is 0. The Balaban J connectivity index is 0.000000442. The minimum Gasteiger partial charge on any atom is -0.379 e. The van der Waals surface area contributed by atoms with Gasteiger partial charge in [0.1, 0.15) is 0 Å². The zero-order valence-electron chi connectivity index (χ0n) is 25.2. The second-order valence-electron chi connectivity index (χ2n) is 13.5. The average Bonchev–Trinajstić information content (AvgIpc) is 3.19. The molecule has 4 rings (SSSR count). The summed E-state index contributed by atoms with van der Waals surface area (Å²) in [5, 5.41) is 2.87. The molecule has 2 nitrogen and oxygen atoms in total. The summed E-state index contributed by atoms with van der Waals surface area (Å²) in [7, 11) is 0. The number of hydrogen-bond acceptors (Lipinski definition) is 2. The van der Waals surface area contributed by atoms with Crippen LogP contribution in [-0.2, 0) is 0 Å². The first-order chi connectivity index (χ1) is 16.7. The Hall–Kier alpha value is 0.876.